The molecule has 3 aromatic rings. The Bertz CT molecular complexity index is 1070. The van der Waals surface area contributed by atoms with Gasteiger partial charge in [0.05, 0.1) is 5.69 Å². The van der Waals surface area contributed by atoms with Crippen LogP contribution in [0.2, 0.25) is 0 Å². The van der Waals surface area contributed by atoms with Crippen molar-refractivity contribution in [1.29, 1.82) is 0 Å². The standard InChI is InChI=1S/C20H15F2N3O2S/c21-13-6-7-16(22)15(10-13)17-11-28-20(23-17)24-19(27)12-3-1-4-14(9-12)25-8-2-5-18(25)26/h1,3-4,6-7,9-11H,2,5,8H2,(H,23,24,27). The summed E-state index contributed by atoms with van der Waals surface area (Å²) < 4.78 is 27.3. The second kappa shape index (κ2) is 7.47. The van der Waals surface area contributed by atoms with Crippen molar-refractivity contribution in [3.8, 4) is 11.3 Å². The van der Waals surface area contributed by atoms with Crippen LogP contribution in [0.25, 0.3) is 11.3 Å². The lowest BCUT2D eigenvalue weighted by Crippen LogP contribution is -2.24. The van der Waals surface area contributed by atoms with Gasteiger partial charge in [0.15, 0.2) is 5.13 Å². The highest BCUT2D eigenvalue weighted by Gasteiger charge is 2.22. The summed E-state index contributed by atoms with van der Waals surface area (Å²) >= 11 is 1.12. The molecule has 0 radical (unpaired) electrons. The van der Waals surface area contributed by atoms with Crippen LogP contribution in [0.1, 0.15) is 23.2 Å². The van der Waals surface area contributed by atoms with Gasteiger partial charge in [-0.25, -0.2) is 13.8 Å². The van der Waals surface area contributed by atoms with Crippen molar-refractivity contribution in [2.24, 2.45) is 0 Å². The Morgan fingerprint density at radius 2 is 2.04 bits per heavy atom. The van der Waals surface area contributed by atoms with Gasteiger partial charge in [0.1, 0.15) is 11.6 Å². The van der Waals surface area contributed by atoms with Crippen LogP contribution in [0, 0.1) is 11.6 Å². The van der Waals surface area contributed by atoms with Crippen LogP contribution < -0.4 is 10.2 Å². The van der Waals surface area contributed by atoms with E-state index in [9.17, 15) is 18.4 Å². The van der Waals surface area contributed by atoms with Crippen LogP contribution in [0.3, 0.4) is 0 Å². The average molecular weight is 399 g/mol. The Labute approximate surface area is 163 Å². The molecule has 2 aromatic carbocycles. The number of thiazole rings is 1. The highest BCUT2D eigenvalue weighted by atomic mass is 32.1. The molecule has 5 nitrogen and oxygen atoms in total. The van der Waals surface area contributed by atoms with Gasteiger partial charge in [-0.1, -0.05) is 6.07 Å². The number of benzene rings is 2. The van der Waals surface area contributed by atoms with Crippen LogP contribution in [0.4, 0.5) is 19.6 Å². The van der Waals surface area contributed by atoms with Crippen molar-refractivity contribution in [3.05, 3.63) is 65.0 Å². The molecular weight excluding hydrogens is 384 g/mol. The van der Waals surface area contributed by atoms with Crippen LogP contribution in [-0.2, 0) is 4.79 Å². The number of anilines is 2. The fraction of sp³-hybridized carbons (Fsp3) is 0.150. The lowest BCUT2D eigenvalue weighted by molar-refractivity contribution is -0.117. The lowest BCUT2D eigenvalue weighted by Gasteiger charge is -2.16. The third-order valence-electron chi connectivity index (χ3n) is 4.42. The molecule has 0 spiro atoms. The molecule has 142 valence electrons. The summed E-state index contributed by atoms with van der Waals surface area (Å²) in [6.45, 7) is 0.638. The van der Waals surface area contributed by atoms with Crippen LogP contribution >= 0.6 is 11.3 Å². The molecule has 1 aliphatic rings. The largest absolute Gasteiger partial charge is 0.312 e. The number of nitrogens with one attached hydrogen (secondary N) is 1. The zero-order valence-corrected chi connectivity index (χ0v) is 15.4. The van der Waals surface area contributed by atoms with Crippen LogP contribution in [0.5, 0.6) is 0 Å². The Morgan fingerprint density at radius 3 is 2.82 bits per heavy atom. The molecule has 2 heterocycles. The van der Waals surface area contributed by atoms with E-state index in [1.54, 1.807) is 34.5 Å². The minimum Gasteiger partial charge on any atom is -0.312 e. The molecule has 0 atom stereocenters. The molecule has 28 heavy (non-hydrogen) atoms. The maximum absolute atomic E-state index is 13.9. The minimum atomic E-state index is -0.590. The number of nitrogens with zero attached hydrogens (tertiary/aromatic N) is 2. The normalized spacial score (nSPS) is 13.8. The Balaban J connectivity index is 1.52. The van der Waals surface area contributed by atoms with E-state index in [0.717, 1.165) is 36.0 Å². The monoisotopic (exact) mass is 399 g/mol. The molecular formula is C20H15F2N3O2S. The SMILES string of the molecule is O=C(Nc1nc(-c2cc(F)ccc2F)cs1)c1cccc(N2CCCC2=O)c1. The first-order chi connectivity index (χ1) is 13.5. The van der Waals surface area contributed by atoms with Gasteiger partial charge < -0.3 is 4.90 Å². The zero-order chi connectivity index (χ0) is 19.7. The first-order valence-corrected chi connectivity index (χ1v) is 9.52. The molecule has 1 aliphatic heterocycles. The van der Waals surface area contributed by atoms with Crippen molar-refractivity contribution in [1.82, 2.24) is 4.98 Å². The van der Waals surface area contributed by atoms with E-state index in [4.69, 9.17) is 0 Å². The quantitative estimate of drug-likeness (QED) is 0.704. The van der Waals surface area contributed by atoms with Crippen molar-refractivity contribution in [3.63, 3.8) is 0 Å². The van der Waals surface area contributed by atoms with Gasteiger partial charge in [-0.2, -0.15) is 0 Å². The van der Waals surface area contributed by atoms with E-state index >= 15 is 0 Å². The third-order valence-corrected chi connectivity index (χ3v) is 5.18. The first kappa shape index (κ1) is 18.2. The second-order valence-electron chi connectivity index (χ2n) is 6.32. The van der Waals surface area contributed by atoms with E-state index in [0.29, 0.717) is 24.2 Å². The summed E-state index contributed by atoms with van der Waals surface area (Å²) in [5.74, 6) is -1.51. The van der Waals surface area contributed by atoms with E-state index in [-0.39, 0.29) is 22.3 Å². The number of carbonyl (C=O) groups is 2. The summed E-state index contributed by atoms with van der Waals surface area (Å²) in [5.41, 5.74) is 1.34. The van der Waals surface area contributed by atoms with Crippen molar-refractivity contribution < 1.29 is 18.4 Å². The molecule has 1 saturated heterocycles. The number of aromatic nitrogens is 1. The maximum atomic E-state index is 13.9. The molecule has 1 N–H and O–H groups in total. The Morgan fingerprint density at radius 1 is 1.18 bits per heavy atom. The van der Waals surface area contributed by atoms with Gasteiger partial charge in [-0.05, 0) is 42.8 Å². The molecule has 8 heteroatoms. The van der Waals surface area contributed by atoms with Crippen molar-refractivity contribution in [2.75, 3.05) is 16.8 Å². The molecule has 1 aromatic heterocycles. The predicted molar refractivity (Wildman–Crippen MR) is 103 cm³/mol. The molecule has 0 bridgehead atoms. The highest BCUT2D eigenvalue weighted by molar-refractivity contribution is 7.14. The fourth-order valence-electron chi connectivity index (χ4n) is 3.05. The van der Waals surface area contributed by atoms with Gasteiger partial charge in [-0.3, -0.25) is 14.9 Å². The summed E-state index contributed by atoms with van der Waals surface area (Å²) in [7, 11) is 0. The zero-order valence-electron chi connectivity index (χ0n) is 14.6. The fourth-order valence-corrected chi connectivity index (χ4v) is 3.76. The molecule has 0 unspecified atom stereocenters. The van der Waals surface area contributed by atoms with E-state index in [1.807, 2.05) is 0 Å². The van der Waals surface area contributed by atoms with E-state index in [1.165, 1.54) is 0 Å². The lowest BCUT2D eigenvalue weighted by atomic mass is 10.1. The number of carbonyl (C=O) groups excluding carboxylic acids is 2. The molecule has 1 fully saturated rings. The molecule has 0 saturated carbocycles. The predicted octanol–water partition coefficient (Wildman–Crippen LogP) is 4.47. The minimum absolute atomic E-state index is 0.0336. The van der Waals surface area contributed by atoms with E-state index < -0.39 is 17.5 Å². The smallest absolute Gasteiger partial charge is 0.257 e. The van der Waals surface area contributed by atoms with Crippen LogP contribution in [0.15, 0.2) is 47.8 Å². The Hall–Kier alpha value is -3.13. The van der Waals surface area contributed by atoms with Crippen LogP contribution in [-0.4, -0.2) is 23.3 Å². The number of hydrogen-bond donors (Lipinski definition) is 1. The Kier molecular flexibility index (Phi) is 4.87. The van der Waals surface area contributed by atoms with E-state index in [2.05, 4.69) is 10.3 Å². The summed E-state index contributed by atoms with van der Waals surface area (Å²) in [4.78, 5) is 30.3. The summed E-state index contributed by atoms with van der Waals surface area (Å²) in [5, 5.41) is 4.48. The topological polar surface area (TPSA) is 62.3 Å². The molecule has 0 aliphatic carbocycles. The van der Waals surface area contributed by atoms with Crippen molar-refractivity contribution >= 4 is 34.0 Å². The number of rotatable bonds is 4. The van der Waals surface area contributed by atoms with Crippen molar-refractivity contribution in [2.45, 2.75) is 12.8 Å². The highest BCUT2D eigenvalue weighted by Crippen LogP contribution is 2.28. The summed E-state index contributed by atoms with van der Waals surface area (Å²) in [6, 6.07) is 9.92. The van der Waals surface area contributed by atoms with Gasteiger partial charge in [0.25, 0.3) is 5.91 Å². The second-order valence-corrected chi connectivity index (χ2v) is 7.17. The number of halogens is 2. The number of hydrogen-bond acceptors (Lipinski definition) is 4. The van der Waals surface area contributed by atoms with Gasteiger partial charge in [-0.15, -0.1) is 11.3 Å². The summed E-state index contributed by atoms with van der Waals surface area (Å²) in [6.07, 6.45) is 1.31. The van der Waals surface area contributed by atoms with Gasteiger partial charge in [0, 0.05) is 35.2 Å². The first-order valence-electron chi connectivity index (χ1n) is 8.64. The average Bonchev–Trinajstić information content (AvgIpc) is 3.33. The molecule has 2 amide bonds. The maximum Gasteiger partial charge on any atom is 0.257 e. The van der Waals surface area contributed by atoms with Gasteiger partial charge >= 0.3 is 0 Å². The van der Waals surface area contributed by atoms with Gasteiger partial charge in [0.2, 0.25) is 5.91 Å². The molecule has 4 rings (SSSR count). The third kappa shape index (κ3) is 3.63. The number of amides is 2.